The van der Waals surface area contributed by atoms with Gasteiger partial charge in [-0.15, -0.1) is 0 Å². The minimum atomic E-state index is -3.89. The Kier molecular flexibility index (Phi) is 7.46. The van der Waals surface area contributed by atoms with E-state index in [9.17, 15) is 26.0 Å². The number of amides is 1. The molecule has 0 aromatic heterocycles. The molecule has 0 aliphatic carbocycles. The SMILES string of the molecule is COc1ccc(S(=O)(=O)N2CCCC2)cc1NC(=O)C1CCCN(S(=O)(=O)c2ccc(F)cc2)C1. The van der Waals surface area contributed by atoms with E-state index >= 15 is 0 Å². The fourth-order valence-electron chi connectivity index (χ4n) is 4.39. The van der Waals surface area contributed by atoms with Gasteiger partial charge in [0.05, 0.1) is 28.5 Å². The fourth-order valence-corrected chi connectivity index (χ4v) is 7.46. The number of nitrogens with zero attached hydrogens (tertiary/aromatic N) is 2. The molecule has 2 fully saturated rings. The molecule has 4 rings (SSSR count). The van der Waals surface area contributed by atoms with Crippen LogP contribution in [0.3, 0.4) is 0 Å². The predicted molar refractivity (Wildman–Crippen MR) is 127 cm³/mol. The average Bonchev–Trinajstić information content (AvgIpc) is 3.40. The van der Waals surface area contributed by atoms with E-state index in [-0.39, 0.29) is 28.6 Å². The monoisotopic (exact) mass is 525 g/mol. The van der Waals surface area contributed by atoms with E-state index in [0.29, 0.717) is 31.7 Å². The highest BCUT2D eigenvalue weighted by Crippen LogP contribution is 2.31. The number of rotatable bonds is 7. The largest absolute Gasteiger partial charge is 0.495 e. The molecule has 2 aliphatic rings. The minimum absolute atomic E-state index is 0.0403. The summed E-state index contributed by atoms with van der Waals surface area (Å²) in [5.41, 5.74) is 0.205. The smallest absolute Gasteiger partial charge is 0.243 e. The van der Waals surface area contributed by atoms with E-state index in [1.165, 1.54) is 46.1 Å². The lowest BCUT2D eigenvalue weighted by Crippen LogP contribution is -2.43. The highest BCUT2D eigenvalue weighted by Gasteiger charge is 2.34. The van der Waals surface area contributed by atoms with Gasteiger partial charge in [-0.05, 0) is 68.1 Å². The van der Waals surface area contributed by atoms with Crippen LogP contribution in [0.1, 0.15) is 25.7 Å². The number of sulfonamides is 2. The predicted octanol–water partition coefficient (Wildman–Crippen LogP) is 2.66. The topological polar surface area (TPSA) is 113 Å². The van der Waals surface area contributed by atoms with Crippen LogP contribution in [0.5, 0.6) is 5.75 Å². The Morgan fingerprint density at radius 3 is 2.17 bits per heavy atom. The van der Waals surface area contributed by atoms with Gasteiger partial charge >= 0.3 is 0 Å². The Labute approximate surface area is 205 Å². The van der Waals surface area contributed by atoms with Gasteiger partial charge in [0.1, 0.15) is 11.6 Å². The van der Waals surface area contributed by atoms with E-state index in [0.717, 1.165) is 25.0 Å². The number of piperidine rings is 1. The summed E-state index contributed by atoms with van der Waals surface area (Å²) in [6.07, 6.45) is 2.55. The molecular weight excluding hydrogens is 497 g/mol. The number of methoxy groups -OCH3 is 1. The lowest BCUT2D eigenvalue weighted by atomic mass is 9.98. The second kappa shape index (κ2) is 10.2. The van der Waals surface area contributed by atoms with Crippen LogP contribution in [0.4, 0.5) is 10.1 Å². The highest BCUT2D eigenvalue weighted by molar-refractivity contribution is 7.89. The van der Waals surface area contributed by atoms with Crippen LogP contribution in [0.2, 0.25) is 0 Å². The zero-order valence-corrected chi connectivity index (χ0v) is 20.9. The van der Waals surface area contributed by atoms with E-state index in [4.69, 9.17) is 4.74 Å². The molecular formula is C23H28FN3O6S2. The van der Waals surface area contributed by atoms with Gasteiger partial charge in [-0.3, -0.25) is 4.79 Å². The number of carbonyl (C=O) groups is 1. The van der Waals surface area contributed by atoms with Crippen molar-refractivity contribution in [3.8, 4) is 5.75 Å². The maximum atomic E-state index is 13.2. The summed E-state index contributed by atoms with van der Waals surface area (Å²) in [5.74, 6) is -1.33. The number of hydrogen-bond acceptors (Lipinski definition) is 6. The summed E-state index contributed by atoms with van der Waals surface area (Å²) in [5, 5.41) is 2.74. The molecule has 190 valence electrons. The Morgan fingerprint density at radius 2 is 1.51 bits per heavy atom. The maximum absolute atomic E-state index is 13.2. The summed E-state index contributed by atoms with van der Waals surface area (Å²) in [6, 6.07) is 8.87. The van der Waals surface area contributed by atoms with Crippen LogP contribution in [0.15, 0.2) is 52.3 Å². The van der Waals surface area contributed by atoms with Crippen molar-refractivity contribution >= 4 is 31.6 Å². The van der Waals surface area contributed by atoms with E-state index in [1.54, 1.807) is 0 Å². The third-order valence-corrected chi connectivity index (χ3v) is 10.1. The van der Waals surface area contributed by atoms with Gasteiger partial charge in [-0.2, -0.15) is 8.61 Å². The van der Waals surface area contributed by atoms with Gasteiger partial charge in [-0.25, -0.2) is 21.2 Å². The summed E-state index contributed by atoms with van der Waals surface area (Å²) in [6.45, 7) is 1.11. The van der Waals surface area contributed by atoms with Gasteiger partial charge < -0.3 is 10.1 Å². The zero-order chi connectivity index (χ0) is 25.2. The number of nitrogens with one attached hydrogen (secondary N) is 1. The first kappa shape index (κ1) is 25.5. The number of anilines is 1. The molecule has 12 heteroatoms. The Bertz CT molecular complexity index is 1290. The Morgan fingerprint density at radius 1 is 0.914 bits per heavy atom. The molecule has 35 heavy (non-hydrogen) atoms. The molecule has 2 aromatic carbocycles. The van der Waals surface area contributed by atoms with Crippen molar-refractivity contribution in [2.24, 2.45) is 5.92 Å². The van der Waals surface area contributed by atoms with Gasteiger partial charge in [0.2, 0.25) is 26.0 Å². The van der Waals surface area contributed by atoms with Crippen LogP contribution >= 0.6 is 0 Å². The van der Waals surface area contributed by atoms with Crippen molar-refractivity contribution in [2.75, 3.05) is 38.6 Å². The second-order valence-electron chi connectivity index (χ2n) is 8.62. The molecule has 9 nitrogen and oxygen atoms in total. The van der Waals surface area contributed by atoms with Crippen molar-refractivity contribution in [1.82, 2.24) is 8.61 Å². The quantitative estimate of drug-likeness (QED) is 0.595. The van der Waals surface area contributed by atoms with E-state index in [2.05, 4.69) is 5.32 Å². The van der Waals surface area contributed by atoms with Crippen LogP contribution < -0.4 is 10.1 Å². The molecule has 1 unspecified atom stereocenters. The lowest BCUT2D eigenvalue weighted by molar-refractivity contribution is -0.120. The van der Waals surface area contributed by atoms with Gasteiger partial charge in [0.15, 0.2) is 0 Å². The number of carbonyl (C=O) groups excluding carboxylic acids is 1. The molecule has 1 N–H and O–H groups in total. The van der Waals surface area contributed by atoms with Crippen LogP contribution in [-0.2, 0) is 24.8 Å². The van der Waals surface area contributed by atoms with Gasteiger partial charge in [0.25, 0.3) is 0 Å². The van der Waals surface area contributed by atoms with Crippen LogP contribution in [0, 0.1) is 11.7 Å². The lowest BCUT2D eigenvalue weighted by Gasteiger charge is -2.31. The first-order valence-corrected chi connectivity index (χ1v) is 14.3. The standard InChI is InChI=1S/C23H28FN3O6S2/c1-33-22-11-10-20(35(31,32)26-12-2-3-13-26)15-21(22)25-23(28)17-5-4-14-27(16-17)34(29,30)19-8-6-18(24)7-9-19/h6-11,15,17H,2-5,12-14,16H2,1H3,(H,25,28). The normalized spacial score (nSPS) is 20.0. The third-order valence-electron chi connectivity index (χ3n) is 6.34. The van der Waals surface area contributed by atoms with E-state index < -0.39 is 37.7 Å². The summed E-state index contributed by atoms with van der Waals surface area (Å²) in [4.78, 5) is 13.1. The maximum Gasteiger partial charge on any atom is 0.243 e. The van der Waals surface area contributed by atoms with Crippen molar-refractivity contribution in [2.45, 2.75) is 35.5 Å². The molecule has 2 aromatic rings. The summed E-state index contributed by atoms with van der Waals surface area (Å²) < 4.78 is 73.1. The van der Waals surface area contributed by atoms with Crippen molar-refractivity contribution in [3.63, 3.8) is 0 Å². The minimum Gasteiger partial charge on any atom is -0.495 e. The number of benzene rings is 2. The molecule has 1 atom stereocenters. The molecule has 1 amide bonds. The van der Waals surface area contributed by atoms with E-state index in [1.807, 2.05) is 0 Å². The van der Waals surface area contributed by atoms with Crippen LogP contribution in [0.25, 0.3) is 0 Å². The number of halogens is 1. The van der Waals surface area contributed by atoms with Gasteiger partial charge in [0, 0.05) is 26.2 Å². The molecule has 2 saturated heterocycles. The van der Waals surface area contributed by atoms with Crippen LogP contribution in [-0.4, -0.2) is 64.6 Å². The molecule has 0 spiro atoms. The zero-order valence-electron chi connectivity index (χ0n) is 19.3. The fraction of sp³-hybridized carbons (Fsp3) is 0.435. The first-order chi connectivity index (χ1) is 16.6. The highest BCUT2D eigenvalue weighted by atomic mass is 32.2. The molecule has 0 radical (unpaired) electrons. The molecule has 2 heterocycles. The second-order valence-corrected chi connectivity index (χ2v) is 12.5. The third kappa shape index (κ3) is 5.35. The number of hydrogen-bond donors (Lipinski definition) is 1. The van der Waals surface area contributed by atoms with Crippen molar-refractivity contribution < 1.29 is 30.8 Å². The molecule has 0 bridgehead atoms. The average molecular weight is 526 g/mol. The Balaban J connectivity index is 1.52. The first-order valence-electron chi connectivity index (χ1n) is 11.4. The number of ether oxygens (including phenoxy) is 1. The Hall–Kier alpha value is -2.54. The van der Waals surface area contributed by atoms with Gasteiger partial charge in [-0.1, -0.05) is 0 Å². The summed E-state index contributed by atoms with van der Waals surface area (Å²) >= 11 is 0. The van der Waals surface area contributed by atoms with Crippen molar-refractivity contribution in [3.05, 3.63) is 48.3 Å². The van der Waals surface area contributed by atoms with Crippen molar-refractivity contribution in [1.29, 1.82) is 0 Å². The molecule has 2 aliphatic heterocycles. The summed E-state index contributed by atoms with van der Waals surface area (Å²) in [7, 11) is -6.17. The molecule has 0 saturated carbocycles.